The Kier molecular flexibility index (Phi) is 41.5. The van der Waals surface area contributed by atoms with E-state index in [0.29, 0.717) is 19.4 Å². The third kappa shape index (κ3) is 40.6. The first kappa shape index (κ1) is 49.9. The number of ether oxygens (including phenoxy) is 3. The Morgan fingerprint density at radius 3 is 1.38 bits per heavy atom. The van der Waals surface area contributed by atoms with Gasteiger partial charge in [0, 0.05) is 19.4 Å². The fourth-order valence-electron chi connectivity index (χ4n) is 6.09. The summed E-state index contributed by atoms with van der Waals surface area (Å²) in [6.07, 6.45) is 51.4. The van der Waals surface area contributed by atoms with Crippen LogP contribution < -0.4 is 0 Å². The summed E-state index contributed by atoms with van der Waals surface area (Å²) in [5.74, 6) is -0.454. The Morgan fingerprint density at radius 2 is 0.865 bits per heavy atom. The molecule has 0 bridgehead atoms. The third-order valence-corrected chi connectivity index (χ3v) is 9.38. The molecule has 5 nitrogen and oxygen atoms in total. The normalized spacial score (nSPS) is 12.6. The molecule has 0 aliphatic heterocycles. The second kappa shape index (κ2) is 43.3. The zero-order chi connectivity index (χ0) is 37.8. The van der Waals surface area contributed by atoms with Gasteiger partial charge in [-0.25, -0.2) is 0 Å². The summed E-state index contributed by atoms with van der Waals surface area (Å²) in [4.78, 5) is 25.0. The van der Waals surface area contributed by atoms with Crippen LogP contribution in [0.3, 0.4) is 0 Å². The molecule has 0 spiro atoms. The molecule has 0 N–H and O–H groups in total. The molecule has 52 heavy (non-hydrogen) atoms. The highest BCUT2D eigenvalue weighted by molar-refractivity contribution is 5.70. The van der Waals surface area contributed by atoms with Crippen molar-refractivity contribution < 1.29 is 23.8 Å². The fraction of sp³-hybridized carbons (Fsp3) is 0.787. The van der Waals surface area contributed by atoms with Crippen molar-refractivity contribution in [1.29, 1.82) is 0 Å². The van der Waals surface area contributed by atoms with Crippen molar-refractivity contribution in [3.05, 3.63) is 48.6 Å². The maximum Gasteiger partial charge on any atom is 0.306 e. The third-order valence-electron chi connectivity index (χ3n) is 9.38. The van der Waals surface area contributed by atoms with E-state index in [0.717, 1.165) is 77.0 Å². The van der Waals surface area contributed by atoms with Crippen LogP contribution in [0.4, 0.5) is 0 Å². The van der Waals surface area contributed by atoms with Crippen LogP contribution >= 0.6 is 0 Å². The zero-order valence-corrected chi connectivity index (χ0v) is 34.6. The van der Waals surface area contributed by atoms with Crippen molar-refractivity contribution in [3.63, 3.8) is 0 Å². The van der Waals surface area contributed by atoms with Gasteiger partial charge in [-0.05, 0) is 57.8 Å². The van der Waals surface area contributed by atoms with Gasteiger partial charge in [0.05, 0.1) is 6.61 Å². The van der Waals surface area contributed by atoms with Gasteiger partial charge in [-0.3, -0.25) is 9.59 Å². The summed E-state index contributed by atoms with van der Waals surface area (Å²) < 4.78 is 17.2. The summed E-state index contributed by atoms with van der Waals surface area (Å²) in [5, 5.41) is 0. The molecule has 0 radical (unpaired) electrons. The number of esters is 2. The van der Waals surface area contributed by atoms with Crippen LogP contribution in [0.5, 0.6) is 0 Å². The molecule has 5 heteroatoms. The van der Waals surface area contributed by atoms with Crippen LogP contribution in [0.2, 0.25) is 0 Å². The number of hydrogen-bond acceptors (Lipinski definition) is 5. The summed E-state index contributed by atoms with van der Waals surface area (Å²) in [5.41, 5.74) is 0. The van der Waals surface area contributed by atoms with E-state index in [1.807, 2.05) is 0 Å². The van der Waals surface area contributed by atoms with E-state index in [-0.39, 0.29) is 25.2 Å². The monoisotopic (exact) mass is 729 g/mol. The second-order valence-electron chi connectivity index (χ2n) is 14.6. The maximum absolute atomic E-state index is 12.5. The molecular weight excluding hydrogens is 645 g/mol. The highest BCUT2D eigenvalue weighted by atomic mass is 16.6. The lowest BCUT2D eigenvalue weighted by Gasteiger charge is -2.18. The molecule has 302 valence electrons. The minimum Gasteiger partial charge on any atom is -0.462 e. The van der Waals surface area contributed by atoms with E-state index < -0.39 is 6.10 Å². The van der Waals surface area contributed by atoms with Gasteiger partial charge in [-0.15, -0.1) is 0 Å². The number of hydrogen-bond donors (Lipinski definition) is 0. The van der Waals surface area contributed by atoms with Gasteiger partial charge in [0.1, 0.15) is 6.61 Å². The minimum absolute atomic E-state index is 0.0657. The van der Waals surface area contributed by atoms with E-state index >= 15 is 0 Å². The lowest BCUT2D eigenvalue weighted by atomic mass is 10.0. The second-order valence-corrected chi connectivity index (χ2v) is 14.6. The van der Waals surface area contributed by atoms with E-state index in [2.05, 4.69) is 69.4 Å². The molecule has 0 aromatic carbocycles. The van der Waals surface area contributed by atoms with E-state index in [1.165, 1.54) is 103 Å². The Balaban J connectivity index is 4.11. The molecule has 0 aliphatic carbocycles. The highest BCUT2D eigenvalue weighted by Crippen LogP contribution is 2.14. The molecule has 1 atom stereocenters. The largest absolute Gasteiger partial charge is 0.462 e. The van der Waals surface area contributed by atoms with Gasteiger partial charge >= 0.3 is 11.9 Å². The minimum atomic E-state index is -0.544. The summed E-state index contributed by atoms with van der Waals surface area (Å²) >= 11 is 0. The molecule has 1 unspecified atom stereocenters. The van der Waals surface area contributed by atoms with Crippen LogP contribution in [-0.4, -0.2) is 37.9 Å². The van der Waals surface area contributed by atoms with Crippen LogP contribution in [0, 0.1) is 0 Å². The number of unbranched alkanes of at least 4 members (excludes halogenated alkanes) is 21. The van der Waals surface area contributed by atoms with Gasteiger partial charge in [0.15, 0.2) is 6.10 Å². The number of carbonyl (C=O) groups is 2. The maximum atomic E-state index is 12.5. The fourth-order valence-corrected chi connectivity index (χ4v) is 6.09. The average molecular weight is 729 g/mol. The van der Waals surface area contributed by atoms with Crippen LogP contribution in [0.1, 0.15) is 213 Å². The molecule has 0 heterocycles. The Morgan fingerprint density at radius 1 is 0.442 bits per heavy atom. The van der Waals surface area contributed by atoms with Gasteiger partial charge in [0.25, 0.3) is 0 Å². The zero-order valence-electron chi connectivity index (χ0n) is 34.6. The summed E-state index contributed by atoms with van der Waals surface area (Å²) in [6, 6.07) is 0. The first-order valence-corrected chi connectivity index (χ1v) is 22.2. The van der Waals surface area contributed by atoms with Gasteiger partial charge in [0.2, 0.25) is 0 Å². The SMILES string of the molecule is CC/C=C\C/C=C\C/C=C\C/C=C\CCCCC(=O)OCC(COCCCCCCCCCCCCCCCCCC)OC(=O)CCCCCCC. The molecule has 0 saturated carbocycles. The standard InChI is InChI=1S/C47H84O5/c1-4-7-10-13-15-17-19-21-23-25-27-29-31-33-36-39-42-50-43-45(52-47(49)41-38-34-12-9-6-3)44-51-46(48)40-37-35-32-30-28-26-24-22-20-18-16-14-11-8-5-2/h8,11,16,18,22,24,28,30,45H,4-7,9-10,12-15,17,19-21,23,25-27,29,31-44H2,1-3H3/b11-8-,18-16-,24-22-,30-28-. The van der Waals surface area contributed by atoms with Gasteiger partial charge in [-0.2, -0.15) is 0 Å². The van der Waals surface area contributed by atoms with Gasteiger partial charge in [-0.1, -0.05) is 191 Å². The van der Waals surface area contributed by atoms with Gasteiger partial charge < -0.3 is 14.2 Å². The Labute approximate surface area is 322 Å². The first-order chi connectivity index (χ1) is 25.6. The van der Waals surface area contributed by atoms with E-state index in [1.54, 1.807) is 0 Å². The molecule has 0 aromatic heterocycles. The number of carbonyl (C=O) groups excluding carboxylic acids is 2. The number of allylic oxidation sites excluding steroid dienone is 8. The topological polar surface area (TPSA) is 61.8 Å². The van der Waals surface area contributed by atoms with Crippen LogP contribution in [0.25, 0.3) is 0 Å². The molecule has 0 aliphatic rings. The van der Waals surface area contributed by atoms with Crippen molar-refractivity contribution >= 4 is 11.9 Å². The van der Waals surface area contributed by atoms with E-state index in [9.17, 15) is 9.59 Å². The lowest BCUT2D eigenvalue weighted by Crippen LogP contribution is -2.30. The Hall–Kier alpha value is -2.14. The Bertz CT molecular complexity index is 873. The van der Waals surface area contributed by atoms with Crippen molar-refractivity contribution in [1.82, 2.24) is 0 Å². The molecule has 0 saturated heterocycles. The highest BCUT2D eigenvalue weighted by Gasteiger charge is 2.17. The van der Waals surface area contributed by atoms with Crippen molar-refractivity contribution in [2.24, 2.45) is 0 Å². The smallest absolute Gasteiger partial charge is 0.306 e. The molecule has 0 amide bonds. The van der Waals surface area contributed by atoms with Crippen LogP contribution in [-0.2, 0) is 23.8 Å². The average Bonchev–Trinajstić information content (AvgIpc) is 3.14. The lowest BCUT2D eigenvalue weighted by molar-refractivity contribution is -0.163. The van der Waals surface area contributed by atoms with Crippen LogP contribution in [0.15, 0.2) is 48.6 Å². The van der Waals surface area contributed by atoms with Crippen molar-refractivity contribution in [3.8, 4) is 0 Å². The molecule has 0 aromatic rings. The number of rotatable bonds is 40. The predicted molar refractivity (Wildman–Crippen MR) is 224 cm³/mol. The molecular formula is C47H84O5. The molecule has 0 fully saturated rings. The predicted octanol–water partition coefficient (Wildman–Crippen LogP) is 14.4. The van der Waals surface area contributed by atoms with Crippen molar-refractivity contribution in [2.75, 3.05) is 19.8 Å². The van der Waals surface area contributed by atoms with Crippen molar-refractivity contribution in [2.45, 2.75) is 219 Å². The summed E-state index contributed by atoms with van der Waals surface area (Å²) in [7, 11) is 0. The summed E-state index contributed by atoms with van der Waals surface area (Å²) in [6.45, 7) is 7.61. The quantitative estimate of drug-likeness (QED) is 0.0357. The van der Waals surface area contributed by atoms with E-state index in [4.69, 9.17) is 14.2 Å². The molecule has 0 rings (SSSR count). The first-order valence-electron chi connectivity index (χ1n) is 22.2.